The summed E-state index contributed by atoms with van der Waals surface area (Å²) in [6, 6.07) is 6.32. The molecule has 144 valence electrons. The van der Waals surface area contributed by atoms with Crippen LogP contribution in [0, 0.1) is 6.92 Å². The van der Waals surface area contributed by atoms with Crippen LogP contribution >= 0.6 is 0 Å². The van der Waals surface area contributed by atoms with Crippen molar-refractivity contribution in [1.82, 2.24) is 5.16 Å². The van der Waals surface area contributed by atoms with Gasteiger partial charge >= 0.3 is 0 Å². The van der Waals surface area contributed by atoms with E-state index in [0.29, 0.717) is 18.7 Å². The van der Waals surface area contributed by atoms with E-state index in [1.165, 1.54) is 13.0 Å². The molecule has 2 amide bonds. The van der Waals surface area contributed by atoms with E-state index >= 15 is 0 Å². The zero-order valence-electron chi connectivity index (χ0n) is 15.2. The summed E-state index contributed by atoms with van der Waals surface area (Å²) in [4.78, 5) is 25.5. The van der Waals surface area contributed by atoms with Gasteiger partial charge in [-0.25, -0.2) is 8.42 Å². The zero-order valence-corrected chi connectivity index (χ0v) is 16.0. The summed E-state index contributed by atoms with van der Waals surface area (Å²) in [6.07, 6.45) is 1.31. The number of anilines is 2. The van der Waals surface area contributed by atoms with Gasteiger partial charge in [-0.1, -0.05) is 5.16 Å². The van der Waals surface area contributed by atoms with Gasteiger partial charge in [-0.2, -0.15) is 0 Å². The quantitative estimate of drug-likeness (QED) is 0.836. The monoisotopic (exact) mass is 391 g/mol. The van der Waals surface area contributed by atoms with Crippen molar-refractivity contribution in [3.05, 3.63) is 35.6 Å². The molecule has 9 heteroatoms. The first-order valence-electron chi connectivity index (χ1n) is 8.63. The topological polar surface area (TPSA) is 110 Å². The first-order valence-corrected chi connectivity index (χ1v) is 10.3. The Bertz CT molecular complexity index is 981. The molecule has 0 saturated carbocycles. The summed E-state index contributed by atoms with van der Waals surface area (Å²) in [6.45, 7) is 3.82. The number of sulfone groups is 1. The van der Waals surface area contributed by atoms with Gasteiger partial charge in [-0.15, -0.1) is 0 Å². The molecule has 0 atom stereocenters. The Hall–Kier alpha value is -2.68. The van der Waals surface area contributed by atoms with Crippen molar-refractivity contribution in [3.63, 3.8) is 0 Å². The van der Waals surface area contributed by atoms with Gasteiger partial charge in [0.05, 0.1) is 10.6 Å². The smallest absolute Gasteiger partial charge is 0.226 e. The second-order valence-corrected chi connectivity index (χ2v) is 8.61. The van der Waals surface area contributed by atoms with E-state index in [2.05, 4.69) is 10.5 Å². The van der Waals surface area contributed by atoms with Crippen LogP contribution in [0.5, 0.6) is 0 Å². The average molecular weight is 391 g/mol. The highest BCUT2D eigenvalue weighted by atomic mass is 32.2. The standard InChI is InChI=1S/C18H21N3O5S/c1-12-10-17(20-26-12)19-18(23)7-9-27(24,25)15-5-6-16-14(11-15)4-3-8-21(16)13(2)22/h5-6,10-11H,3-4,7-9H2,1-2H3,(H,19,20,23). The lowest BCUT2D eigenvalue weighted by molar-refractivity contribution is -0.117. The van der Waals surface area contributed by atoms with Gasteiger partial charge in [0.15, 0.2) is 15.7 Å². The van der Waals surface area contributed by atoms with E-state index in [-0.39, 0.29) is 28.8 Å². The van der Waals surface area contributed by atoms with Gasteiger partial charge in [0.2, 0.25) is 11.8 Å². The maximum atomic E-state index is 12.6. The molecule has 3 rings (SSSR count). The van der Waals surface area contributed by atoms with E-state index in [4.69, 9.17) is 4.52 Å². The number of rotatable bonds is 5. The Morgan fingerprint density at radius 2 is 2.07 bits per heavy atom. The van der Waals surface area contributed by atoms with Gasteiger partial charge in [0, 0.05) is 31.6 Å². The average Bonchev–Trinajstić information content (AvgIpc) is 3.03. The SMILES string of the molecule is CC(=O)N1CCCc2cc(S(=O)(=O)CCC(=O)Nc3cc(C)on3)ccc21. The molecule has 27 heavy (non-hydrogen) atoms. The van der Waals surface area contributed by atoms with Gasteiger partial charge in [0.1, 0.15) is 5.76 Å². The Kier molecular flexibility index (Phi) is 5.31. The molecule has 0 aliphatic carbocycles. The van der Waals surface area contributed by atoms with Crippen molar-refractivity contribution in [2.45, 2.75) is 38.0 Å². The minimum atomic E-state index is -3.62. The molecule has 0 radical (unpaired) electrons. The molecule has 2 heterocycles. The predicted octanol–water partition coefficient (Wildman–Crippen LogP) is 2.08. The largest absolute Gasteiger partial charge is 0.360 e. The van der Waals surface area contributed by atoms with Crippen LogP contribution in [0.15, 0.2) is 33.7 Å². The molecule has 0 unspecified atom stereocenters. The number of aromatic nitrogens is 1. The third kappa shape index (κ3) is 4.36. The third-order valence-electron chi connectivity index (χ3n) is 4.40. The van der Waals surface area contributed by atoms with E-state index < -0.39 is 15.7 Å². The number of amides is 2. The number of benzene rings is 1. The maximum Gasteiger partial charge on any atom is 0.226 e. The van der Waals surface area contributed by atoms with Crippen molar-refractivity contribution >= 4 is 33.2 Å². The molecule has 0 bridgehead atoms. The second-order valence-electron chi connectivity index (χ2n) is 6.50. The summed E-state index contributed by atoms with van der Waals surface area (Å²) in [5, 5.41) is 6.14. The fourth-order valence-corrected chi connectivity index (χ4v) is 4.36. The van der Waals surface area contributed by atoms with Crippen molar-refractivity contribution < 1.29 is 22.5 Å². The van der Waals surface area contributed by atoms with Crippen molar-refractivity contribution in [1.29, 1.82) is 0 Å². The van der Waals surface area contributed by atoms with Crippen molar-refractivity contribution in [2.24, 2.45) is 0 Å². The summed E-state index contributed by atoms with van der Waals surface area (Å²) in [7, 11) is -3.62. The van der Waals surface area contributed by atoms with Crippen LogP contribution in [0.4, 0.5) is 11.5 Å². The molecule has 1 aromatic heterocycles. The lowest BCUT2D eigenvalue weighted by Crippen LogP contribution is -2.33. The second kappa shape index (κ2) is 7.51. The number of carbonyl (C=O) groups is 2. The molecule has 1 N–H and O–H groups in total. The maximum absolute atomic E-state index is 12.6. The van der Waals surface area contributed by atoms with Gasteiger partial charge in [-0.3, -0.25) is 9.59 Å². The van der Waals surface area contributed by atoms with Crippen molar-refractivity contribution in [2.75, 3.05) is 22.5 Å². The van der Waals surface area contributed by atoms with E-state index in [1.54, 1.807) is 30.0 Å². The highest BCUT2D eigenvalue weighted by Gasteiger charge is 2.23. The Morgan fingerprint density at radius 1 is 1.30 bits per heavy atom. The number of carbonyl (C=O) groups excluding carboxylic acids is 2. The number of aryl methyl sites for hydroxylation is 2. The van der Waals surface area contributed by atoms with Crippen LogP contribution in [-0.2, 0) is 25.8 Å². The fourth-order valence-electron chi connectivity index (χ4n) is 3.07. The summed E-state index contributed by atoms with van der Waals surface area (Å²) >= 11 is 0. The normalized spacial score (nSPS) is 13.9. The van der Waals surface area contributed by atoms with Crippen LogP contribution in [0.2, 0.25) is 0 Å². The molecule has 0 fully saturated rings. The van der Waals surface area contributed by atoms with E-state index in [1.807, 2.05) is 0 Å². The highest BCUT2D eigenvalue weighted by molar-refractivity contribution is 7.91. The van der Waals surface area contributed by atoms with Crippen LogP contribution in [0.1, 0.15) is 31.1 Å². The molecule has 0 saturated heterocycles. The molecule has 1 aliphatic heterocycles. The highest BCUT2D eigenvalue weighted by Crippen LogP contribution is 2.30. The number of hydrogen-bond acceptors (Lipinski definition) is 6. The minimum Gasteiger partial charge on any atom is -0.360 e. The first-order chi connectivity index (χ1) is 12.8. The molecule has 1 aromatic carbocycles. The lowest BCUT2D eigenvalue weighted by Gasteiger charge is -2.28. The molecular formula is C18H21N3O5S. The van der Waals surface area contributed by atoms with Crippen LogP contribution in [0.25, 0.3) is 0 Å². The number of nitrogens with one attached hydrogen (secondary N) is 1. The van der Waals surface area contributed by atoms with Gasteiger partial charge in [-0.05, 0) is 43.5 Å². The summed E-state index contributed by atoms with van der Waals surface area (Å²) in [5.41, 5.74) is 1.59. The molecule has 0 spiro atoms. The van der Waals surface area contributed by atoms with Gasteiger partial charge < -0.3 is 14.7 Å². The number of nitrogens with zero attached hydrogens (tertiary/aromatic N) is 2. The Balaban J connectivity index is 1.69. The molecule has 2 aromatic rings. The number of hydrogen-bond donors (Lipinski definition) is 1. The number of fused-ring (bicyclic) bond motifs is 1. The fraction of sp³-hybridized carbons (Fsp3) is 0.389. The predicted molar refractivity (Wildman–Crippen MR) is 99.3 cm³/mol. The zero-order chi connectivity index (χ0) is 19.6. The van der Waals surface area contributed by atoms with Crippen LogP contribution < -0.4 is 10.2 Å². The molecular weight excluding hydrogens is 370 g/mol. The third-order valence-corrected chi connectivity index (χ3v) is 6.12. The summed E-state index contributed by atoms with van der Waals surface area (Å²) in [5.74, 6) is -0.0243. The Morgan fingerprint density at radius 3 is 2.74 bits per heavy atom. The lowest BCUT2D eigenvalue weighted by atomic mass is 10.0. The van der Waals surface area contributed by atoms with Crippen LogP contribution in [0.3, 0.4) is 0 Å². The van der Waals surface area contributed by atoms with E-state index in [9.17, 15) is 18.0 Å². The molecule has 8 nitrogen and oxygen atoms in total. The summed E-state index contributed by atoms with van der Waals surface area (Å²) < 4.78 is 30.0. The van der Waals surface area contributed by atoms with E-state index in [0.717, 1.165) is 17.7 Å². The van der Waals surface area contributed by atoms with Crippen molar-refractivity contribution in [3.8, 4) is 0 Å². The first kappa shape index (κ1) is 19.1. The molecule has 1 aliphatic rings. The van der Waals surface area contributed by atoms with Crippen LogP contribution in [-0.4, -0.2) is 37.7 Å². The van der Waals surface area contributed by atoms with Gasteiger partial charge in [0.25, 0.3) is 0 Å². The Labute approximate surface area is 157 Å². The minimum absolute atomic E-state index is 0.0636.